The van der Waals surface area contributed by atoms with Crippen LogP contribution in [0.4, 0.5) is 5.82 Å². The van der Waals surface area contributed by atoms with Crippen LogP contribution in [-0.4, -0.2) is 56.8 Å². The fourth-order valence-electron chi connectivity index (χ4n) is 3.88. The van der Waals surface area contributed by atoms with Gasteiger partial charge in [0.1, 0.15) is 5.82 Å². The van der Waals surface area contributed by atoms with Gasteiger partial charge < -0.3 is 9.80 Å². The predicted molar refractivity (Wildman–Crippen MR) is 95.6 cm³/mol. The van der Waals surface area contributed by atoms with Crippen LogP contribution in [0.15, 0.2) is 12.1 Å². The number of hydrogen-bond acceptors (Lipinski definition) is 5. The lowest BCUT2D eigenvalue weighted by atomic mass is 9.95. The largest absolute Gasteiger partial charge is 0.355 e. The number of rotatable bonds is 3. The SMILES string of the molecule is CC(C)c1nnc2ccc(N3CCC(C(=O)N4CCCC4)CC3)nn12. The van der Waals surface area contributed by atoms with Gasteiger partial charge in [-0.05, 0) is 37.8 Å². The molecule has 2 aliphatic rings. The number of amides is 1. The van der Waals surface area contributed by atoms with Gasteiger partial charge in [-0.3, -0.25) is 4.79 Å². The second-order valence-corrected chi connectivity index (χ2v) is 7.47. The minimum Gasteiger partial charge on any atom is -0.355 e. The van der Waals surface area contributed by atoms with Gasteiger partial charge >= 0.3 is 0 Å². The minimum absolute atomic E-state index is 0.180. The number of likely N-dealkylation sites (tertiary alicyclic amines) is 1. The predicted octanol–water partition coefficient (Wildman–Crippen LogP) is 2.09. The first-order valence-corrected chi connectivity index (χ1v) is 9.39. The Balaban J connectivity index is 1.46. The Bertz CT molecular complexity index is 756. The van der Waals surface area contributed by atoms with Crippen LogP contribution < -0.4 is 4.90 Å². The van der Waals surface area contributed by atoms with E-state index in [9.17, 15) is 4.79 Å². The first kappa shape index (κ1) is 16.3. The van der Waals surface area contributed by atoms with Crippen molar-refractivity contribution in [1.29, 1.82) is 0 Å². The summed E-state index contributed by atoms with van der Waals surface area (Å²) in [5, 5.41) is 13.2. The molecule has 0 saturated carbocycles. The van der Waals surface area contributed by atoms with Crippen LogP contribution in [0.3, 0.4) is 0 Å². The Morgan fingerprint density at radius 3 is 2.48 bits per heavy atom. The van der Waals surface area contributed by atoms with Crippen LogP contribution in [0.2, 0.25) is 0 Å². The van der Waals surface area contributed by atoms with E-state index < -0.39 is 0 Å². The maximum Gasteiger partial charge on any atom is 0.225 e. The molecule has 2 aliphatic heterocycles. The van der Waals surface area contributed by atoms with Gasteiger partial charge in [0.2, 0.25) is 5.91 Å². The van der Waals surface area contributed by atoms with E-state index in [2.05, 4.69) is 33.8 Å². The molecule has 2 saturated heterocycles. The van der Waals surface area contributed by atoms with Crippen molar-refractivity contribution in [3.63, 3.8) is 0 Å². The molecule has 2 fully saturated rings. The first-order valence-electron chi connectivity index (χ1n) is 9.39. The molecule has 2 aromatic rings. The highest BCUT2D eigenvalue weighted by atomic mass is 16.2. The number of fused-ring (bicyclic) bond motifs is 1. The van der Waals surface area contributed by atoms with Crippen molar-refractivity contribution in [1.82, 2.24) is 24.7 Å². The molecule has 7 nitrogen and oxygen atoms in total. The Kier molecular flexibility index (Phi) is 4.31. The Morgan fingerprint density at radius 2 is 1.80 bits per heavy atom. The third-order valence-electron chi connectivity index (χ3n) is 5.38. The standard InChI is InChI=1S/C18H26N6O/c1-13(2)17-20-19-15-5-6-16(21-24(15)17)22-11-7-14(8-12-22)18(25)23-9-3-4-10-23/h5-6,13-14H,3-4,7-12H2,1-2H3. The highest BCUT2D eigenvalue weighted by Gasteiger charge is 2.30. The van der Waals surface area contributed by atoms with Gasteiger partial charge in [-0.15, -0.1) is 15.3 Å². The lowest BCUT2D eigenvalue weighted by molar-refractivity contribution is -0.135. The highest BCUT2D eigenvalue weighted by molar-refractivity contribution is 5.79. The van der Waals surface area contributed by atoms with Crippen LogP contribution >= 0.6 is 0 Å². The maximum atomic E-state index is 12.6. The monoisotopic (exact) mass is 342 g/mol. The fourth-order valence-corrected chi connectivity index (χ4v) is 3.88. The second-order valence-electron chi connectivity index (χ2n) is 7.47. The molecule has 134 valence electrons. The minimum atomic E-state index is 0.180. The van der Waals surface area contributed by atoms with Crippen molar-refractivity contribution in [2.45, 2.75) is 45.4 Å². The number of nitrogens with zero attached hydrogens (tertiary/aromatic N) is 6. The molecule has 0 atom stereocenters. The number of carbonyl (C=O) groups excluding carboxylic acids is 1. The van der Waals surface area contributed by atoms with Gasteiger partial charge in [0.25, 0.3) is 0 Å². The fraction of sp³-hybridized carbons (Fsp3) is 0.667. The van der Waals surface area contributed by atoms with E-state index in [0.717, 1.165) is 69.2 Å². The van der Waals surface area contributed by atoms with Crippen LogP contribution in [0.25, 0.3) is 5.65 Å². The molecular formula is C18H26N6O. The summed E-state index contributed by atoms with van der Waals surface area (Å²) in [6.45, 7) is 7.84. The first-order chi connectivity index (χ1) is 12.1. The quantitative estimate of drug-likeness (QED) is 0.854. The molecule has 2 aromatic heterocycles. The summed E-state index contributed by atoms with van der Waals surface area (Å²) in [7, 11) is 0. The van der Waals surface area contributed by atoms with E-state index in [1.54, 1.807) is 0 Å². The van der Waals surface area contributed by atoms with E-state index in [0.29, 0.717) is 5.91 Å². The summed E-state index contributed by atoms with van der Waals surface area (Å²) in [5.74, 6) is 2.65. The number of piperidine rings is 1. The zero-order chi connectivity index (χ0) is 17.4. The maximum absolute atomic E-state index is 12.6. The summed E-state index contributed by atoms with van der Waals surface area (Å²) >= 11 is 0. The normalized spacial score (nSPS) is 19.3. The molecule has 4 rings (SSSR count). The second kappa shape index (κ2) is 6.61. The van der Waals surface area contributed by atoms with Crippen molar-refractivity contribution in [2.24, 2.45) is 5.92 Å². The summed E-state index contributed by atoms with van der Waals surface area (Å²) in [6, 6.07) is 3.99. The van der Waals surface area contributed by atoms with Crippen molar-refractivity contribution < 1.29 is 4.79 Å². The van der Waals surface area contributed by atoms with Crippen LogP contribution in [-0.2, 0) is 4.79 Å². The molecule has 0 aromatic carbocycles. The Labute approximate surface area is 148 Å². The molecular weight excluding hydrogens is 316 g/mol. The average Bonchev–Trinajstić information content (AvgIpc) is 3.30. The third-order valence-corrected chi connectivity index (χ3v) is 5.38. The molecule has 7 heteroatoms. The van der Waals surface area contributed by atoms with E-state index in [4.69, 9.17) is 5.10 Å². The molecule has 25 heavy (non-hydrogen) atoms. The van der Waals surface area contributed by atoms with Crippen molar-refractivity contribution in [3.05, 3.63) is 18.0 Å². The van der Waals surface area contributed by atoms with Gasteiger partial charge in [0.15, 0.2) is 11.5 Å². The molecule has 0 radical (unpaired) electrons. The van der Waals surface area contributed by atoms with Crippen molar-refractivity contribution in [2.75, 3.05) is 31.1 Å². The number of hydrogen-bond donors (Lipinski definition) is 0. The Hall–Kier alpha value is -2.18. The topological polar surface area (TPSA) is 66.6 Å². The number of anilines is 1. The van der Waals surface area contributed by atoms with Crippen LogP contribution in [0.1, 0.15) is 51.3 Å². The molecule has 0 aliphatic carbocycles. The summed E-state index contributed by atoms with van der Waals surface area (Å²) in [5.41, 5.74) is 0.784. The van der Waals surface area contributed by atoms with Gasteiger partial charge in [-0.1, -0.05) is 13.8 Å². The number of carbonyl (C=O) groups is 1. The molecule has 4 heterocycles. The summed E-state index contributed by atoms with van der Waals surface area (Å²) in [6.07, 6.45) is 4.14. The van der Waals surface area contributed by atoms with Crippen molar-refractivity contribution >= 4 is 17.4 Å². The average molecular weight is 342 g/mol. The molecule has 0 bridgehead atoms. The molecule has 0 N–H and O–H groups in total. The Morgan fingerprint density at radius 1 is 1.08 bits per heavy atom. The van der Waals surface area contributed by atoms with Crippen molar-refractivity contribution in [3.8, 4) is 0 Å². The van der Waals surface area contributed by atoms with Gasteiger partial charge in [0.05, 0.1) is 0 Å². The van der Waals surface area contributed by atoms with Crippen LogP contribution in [0.5, 0.6) is 0 Å². The smallest absolute Gasteiger partial charge is 0.225 e. The van der Waals surface area contributed by atoms with Gasteiger partial charge in [0, 0.05) is 38.0 Å². The highest BCUT2D eigenvalue weighted by Crippen LogP contribution is 2.25. The van der Waals surface area contributed by atoms with Gasteiger partial charge in [-0.25, -0.2) is 0 Å². The van der Waals surface area contributed by atoms with E-state index in [1.807, 2.05) is 16.6 Å². The molecule has 0 spiro atoms. The molecule has 0 unspecified atom stereocenters. The van der Waals surface area contributed by atoms with Crippen LogP contribution in [0, 0.1) is 5.92 Å². The van der Waals surface area contributed by atoms with E-state index in [1.165, 1.54) is 0 Å². The van der Waals surface area contributed by atoms with Gasteiger partial charge in [-0.2, -0.15) is 4.52 Å². The third kappa shape index (κ3) is 3.07. The zero-order valence-corrected chi connectivity index (χ0v) is 15.1. The zero-order valence-electron chi connectivity index (χ0n) is 15.1. The summed E-state index contributed by atoms with van der Waals surface area (Å²) < 4.78 is 1.85. The van der Waals surface area contributed by atoms with E-state index >= 15 is 0 Å². The summed E-state index contributed by atoms with van der Waals surface area (Å²) in [4.78, 5) is 16.9. The number of aromatic nitrogens is 4. The molecule has 1 amide bonds. The van der Waals surface area contributed by atoms with E-state index in [-0.39, 0.29) is 11.8 Å². The lowest BCUT2D eigenvalue weighted by Gasteiger charge is -2.33. The lowest BCUT2D eigenvalue weighted by Crippen LogP contribution is -2.42.